The average Bonchev–Trinajstić information content (AvgIpc) is 2.37. The molecule has 2 aromatic rings. The van der Waals surface area contributed by atoms with E-state index < -0.39 is 4.92 Å². The third-order valence-electron chi connectivity index (χ3n) is 2.61. The van der Waals surface area contributed by atoms with Crippen molar-refractivity contribution in [3.05, 3.63) is 49.3 Å². The van der Waals surface area contributed by atoms with Crippen molar-refractivity contribution in [3.63, 3.8) is 0 Å². The van der Waals surface area contributed by atoms with E-state index in [1.165, 1.54) is 12.4 Å². The number of aromatic nitrogens is 2. The van der Waals surface area contributed by atoms with Crippen LogP contribution in [0.1, 0.15) is 11.1 Å². The lowest BCUT2D eigenvalue weighted by Crippen LogP contribution is -1.97. The fraction of sp³-hybridized carbons (Fsp3) is 0.167. The second-order valence-corrected chi connectivity index (χ2v) is 5.20. The van der Waals surface area contributed by atoms with Gasteiger partial charge in [-0.2, -0.15) is 0 Å². The molecule has 1 heterocycles. The molecule has 2 rings (SSSR count). The second kappa shape index (κ2) is 5.72. The van der Waals surface area contributed by atoms with Gasteiger partial charge in [-0.1, -0.05) is 11.6 Å². The highest BCUT2D eigenvalue weighted by Crippen LogP contribution is 2.35. The van der Waals surface area contributed by atoms with Gasteiger partial charge in [-0.3, -0.25) is 10.1 Å². The van der Waals surface area contributed by atoms with Gasteiger partial charge in [0.1, 0.15) is 16.5 Å². The van der Waals surface area contributed by atoms with Crippen LogP contribution in [0.4, 0.5) is 5.69 Å². The van der Waals surface area contributed by atoms with Crippen LogP contribution in [0, 0.1) is 24.0 Å². The summed E-state index contributed by atoms with van der Waals surface area (Å²) in [5, 5.41) is 11.2. The Morgan fingerprint density at radius 3 is 2.65 bits per heavy atom. The number of hydrogen-bond donors (Lipinski definition) is 0. The molecule has 20 heavy (non-hydrogen) atoms. The zero-order valence-corrected chi connectivity index (χ0v) is 12.9. The SMILES string of the molecule is Cc1cc(C)c([N+](=O)[O-])cc1Oc1ncnc(Cl)c1Br. The van der Waals surface area contributed by atoms with E-state index in [2.05, 4.69) is 25.9 Å². The monoisotopic (exact) mass is 357 g/mol. The maximum atomic E-state index is 11.0. The largest absolute Gasteiger partial charge is 0.437 e. The number of rotatable bonds is 3. The van der Waals surface area contributed by atoms with Crippen molar-refractivity contribution >= 4 is 33.2 Å². The van der Waals surface area contributed by atoms with Crippen LogP contribution < -0.4 is 4.74 Å². The zero-order chi connectivity index (χ0) is 14.9. The van der Waals surface area contributed by atoms with E-state index in [1.807, 2.05) is 0 Å². The zero-order valence-electron chi connectivity index (χ0n) is 10.6. The molecule has 0 fully saturated rings. The molecule has 8 heteroatoms. The molecule has 0 aliphatic rings. The van der Waals surface area contributed by atoms with Crippen molar-refractivity contribution < 1.29 is 9.66 Å². The number of ether oxygens (including phenoxy) is 1. The van der Waals surface area contributed by atoms with Crippen molar-refractivity contribution in [1.82, 2.24) is 9.97 Å². The Hall–Kier alpha value is -1.73. The minimum atomic E-state index is -0.455. The maximum Gasteiger partial charge on any atom is 0.276 e. The lowest BCUT2D eigenvalue weighted by Gasteiger charge is -2.10. The number of nitrogens with zero attached hydrogens (tertiary/aromatic N) is 3. The van der Waals surface area contributed by atoms with Gasteiger partial charge in [-0.05, 0) is 41.4 Å². The van der Waals surface area contributed by atoms with Crippen LogP contribution >= 0.6 is 27.5 Å². The van der Waals surface area contributed by atoms with Crippen LogP contribution in [0.5, 0.6) is 11.6 Å². The Balaban J connectivity index is 2.46. The molecule has 1 aromatic carbocycles. The molecule has 0 saturated carbocycles. The number of hydrogen-bond acceptors (Lipinski definition) is 5. The summed E-state index contributed by atoms with van der Waals surface area (Å²) in [7, 11) is 0. The lowest BCUT2D eigenvalue weighted by molar-refractivity contribution is -0.385. The fourth-order valence-corrected chi connectivity index (χ4v) is 2.05. The standard InChI is InChI=1S/C12H9BrClN3O3/c1-6-3-7(2)9(4-8(6)17(18)19)20-12-10(13)11(14)15-5-16-12/h3-5H,1-2H3. The molecule has 0 N–H and O–H groups in total. The van der Waals surface area contributed by atoms with Gasteiger partial charge in [0.25, 0.3) is 5.69 Å². The first-order valence-electron chi connectivity index (χ1n) is 5.49. The highest BCUT2D eigenvalue weighted by molar-refractivity contribution is 9.10. The van der Waals surface area contributed by atoms with Crippen LogP contribution in [0.2, 0.25) is 5.15 Å². The minimum absolute atomic E-state index is 0.0122. The van der Waals surface area contributed by atoms with E-state index in [0.29, 0.717) is 15.8 Å². The van der Waals surface area contributed by atoms with Crippen LogP contribution in [0.3, 0.4) is 0 Å². The Bertz CT molecular complexity index is 694. The predicted molar refractivity (Wildman–Crippen MR) is 77.4 cm³/mol. The number of nitro benzene ring substituents is 1. The molecule has 0 aliphatic heterocycles. The third-order valence-corrected chi connectivity index (χ3v) is 3.84. The predicted octanol–water partition coefficient (Wildman–Crippen LogP) is 4.21. The van der Waals surface area contributed by atoms with E-state index in [4.69, 9.17) is 16.3 Å². The Morgan fingerprint density at radius 1 is 1.30 bits per heavy atom. The van der Waals surface area contributed by atoms with E-state index in [-0.39, 0.29) is 16.7 Å². The summed E-state index contributed by atoms with van der Waals surface area (Å²) >= 11 is 9.05. The minimum Gasteiger partial charge on any atom is -0.437 e. The summed E-state index contributed by atoms with van der Waals surface area (Å²) < 4.78 is 5.97. The van der Waals surface area contributed by atoms with Crippen LogP contribution in [0.25, 0.3) is 0 Å². The van der Waals surface area contributed by atoms with Gasteiger partial charge in [0.05, 0.1) is 11.0 Å². The lowest BCUT2D eigenvalue weighted by atomic mass is 10.1. The maximum absolute atomic E-state index is 11.0. The number of benzene rings is 1. The molecule has 6 nitrogen and oxygen atoms in total. The molecule has 0 saturated heterocycles. The van der Waals surface area contributed by atoms with E-state index in [1.54, 1.807) is 19.9 Å². The molecule has 0 spiro atoms. The Morgan fingerprint density at radius 2 is 2.00 bits per heavy atom. The summed E-state index contributed by atoms with van der Waals surface area (Å²) in [6.45, 7) is 3.47. The molecule has 0 bridgehead atoms. The molecule has 0 aliphatic carbocycles. The summed E-state index contributed by atoms with van der Waals surface area (Å²) in [6, 6.07) is 3.05. The molecule has 0 radical (unpaired) electrons. The molecule has 104 valence electrons. The van der Waals surface area contributed by atoms with Crippen molar-refractivity contribution in [2.45, 2.75) is 13.8 Å². The van der Waals surface area contributed by atoms with Gasteiger partial charge in [0, 0.05) is 5.56 Å². The Kier molecular flexibility index (Phi) is 4.20. The molecular formula is C12H9BrClN3O3. The van der Waals surface area contributed by atoms with Crippen molar-refractivity contribution in [2.75, 3.05) is 0 Å². The first kappa shape index (κ1) is 14.7. The van der Waals surface area contributed by atoms with Gasteiger partial charge in [0.2, 0.25) is 5.88 Å². The van der Waals surface area contributed by atoms with Crippen LogP contribution in [-0.2, 0) is 0 Å². The number of aryl methyl sites for hydroxylation is 2. The topological polar surface area (TPSA) is 78.2 Å². The molecular weight excluding hydrogens is 350 g/mol. The van der Waals surface area contributed by atoms with E-state index in [9.17, 15) is 10.1 Å². The van der Waals surface area contributed by atoms with Crippen molar-refractivity contribution in [2.24, 2.45) is 0 Å². The highest BCUT2D eigenvalue weighted by Gasteiger charge is 2.17. The van der Waals surface area contributed by atoms with Crippen molar-refractivity contribution in [1.29, 1.82) is 0 Å². The van der Waals surface area contributed by atoms with Crippen LogP contribution in [0.15, 0.2) is 22.9 Å². The average molecular weight is 359 g/mol. The van der Waals surface area contributed by atoms with Gasteiger partial charge in [-0.15, -0.1) is 0 Å². The summed E-state index contributed by atoms with van der Waals surface area (Å²) in [6.07, 6.45) is 1.25. The van der Waals surface area contributed by atoms with Gasteiger partial charge in [0.15, 0.2) is 5.15 Å². The molecule has 1 aromatic heterocycles. The number of halogens is 2. The molecule has 0 amide bonds. The van der Waals surface area contributed by atoms with Gasteiger partial charge in [-0.25, -0.2) is 9.97 Å². The van der Waals surface area contributed by atoms with E-state index >= 15 is 0 Å². The smallest absolute Gasteiger partial charge is 0.276 e. The first-order chi connectivity index (χ1) is 9.40. The highest BCUT2D eigenvalue weighted by atomic mass is 79.9. The fourth-order valence-electron chi connectivity index (χ4n) is 1.64. The summed E-state index contributed by atoms with van der Waals surface area (Å²) in [5.74, 6) is 0.545. The van der Waals surface area contributed by atoms with Crippen LogP contribution in [-0.4, -0.2) is 14.9 Å². The third kappa shape index (κ3) is 2.88. The summed E-state index contributed by atoms with van der Waals surface area (Å²) in [5.41, 5.74) is 1.32. The summed E-state index contributed by atoms with van der Waals surface area (Å²) in [4.78, 5) is 18.2. The van der Waals surface area contributed by atoms with E-state index in [0.717, 1.165) is 5.56 Å². The van der Waals surface area contributed by atoms with Gasteiger partial charge < -0.3 is 4.74 Å². The molecule has 0 atom stereocenters. The quantitative estimate of drug-likeness (QED) is 0.466. The first-order valence-corrected chi connectivity index (χ1v) is 6.66. The number of nitro groups is 1. The Labute approximate surface area is 128 Å². The molecule has 0 unspecified atom stereocenters. The second-order valence-electron chi connectivity index (χ2n) is 4.05. The normalized spacial score (nSPS) is 10.4. The van der Waals surface area contributed by atoms with Gasteiger partial charge >= 0.3 is 0 Å². The van der Waals surface area contributed by atoms with Crippen molar-refractivity contribution in [3.8, 4) is 11.6 Å².